The molecule has 0 saturated carbocycles. The number of fused-ring (bicyclic) bond motifs is 1. The second-order valence-corrected chi connectivity index (χ2v) is 8.65. The van der Waals surface area contributed by atoms with Gasteiger partial charge in [0.15, 0.2) is 17.7 Å². The van der Waals surface area contributed by atoms with E-state index in [9.17, 15) is 10.2 Å². The van der Waals surface area contributed by atoms with Crippen molar-refractivity contribution in [3.8, 4) is 0 Å². The fraction of sp³-hybridized carbons (Fsp3) is 0.450. The van der Waals surface area contributed by atoms with Gasteiger partial charge in [-0.05, 0) is 24.7 Å². The summed E-state index contributed by atoms with van der Waals surface area (Å²) in [5, 5.41) is 25.7. The normalized spacial score (nSPS) is 23.4. The molecule has 1 aliphatic heterocycles. The van der Waals surface area contributed by atoms with E-state index in [0.717, 1.165) is 5.56 Å². The predicted molar refractivity (Wildman–Crippen MR) is 121 cm³/mol. The maximum Gasteiger partial charge on any atom is 0.167 e. The summed E-state index contributed by atoms with van der Waals surface area (Å²) in [7, 11) is 1.92. The number of ether oxygens (including phenoxy) is 1. The molecule has 0 unspecified atom stereocenters. The molecule has 0 bridgehead atoms. The summed E-state index contributed by atoms with van der Waals surface area (Å²) in [5.74, 6) is 0.241. The van der Waals surface area contributed by atoms with Crippen molar-refractivity contribution in [2.75, 3.05) is 32.4 Å². The van der Waals surface area contributed by atoms with E-state index in [0.29, 0.717) is 47.4 Å². The van der Waals surface area contributed by atoms with Crippen molar-refractivity contribution in [1.29, 1.82) is 0 Å². The minimum absolute atomic E-state index is 0.241. The first-order chi connectivity index (χ1) is 15.3. The number of imidazole rings is 1. The number of rotatable bonds is 8. The molecule has 12 heteroatoms. The highest BCUT2D eigenvalue weighted by atomic mass is 35.5. The van der Waals surface area contributed by atoms with Gasteiger partial charge in [-0.15, -0.1) is 0 Å². The van der Waals surface area contributed by atoms with Gasteiger partial charge in [-0.3, -0.25) is 4.57 Å². The first-order valence-electron chi connectivity index (χ1n) is 10.1. The van der Waals surface area contributed by atoms with Gasteiger partial charge in [0.05, 0.1) is 6.33 Å². The Labute approximate surface area is 194 Å². The number of nitrogens with two attached hydrogens (primary N) is 1. The third-order valence-corrected chi connectivity index (χ3v) is 6.08. The Kier molecular flexibility index (Phi) is 7.11. The minimum atomic E-state index is -1.13. The van der Waals surface area contributed by atoms with Crippen LogP contribution in [-0.4, -0.2) is 79.6 Å². The number of halogens is 2. The molecule has 172 valence electrons. The van der Waals surface area contributed by atoms with Crippen molar-refractivity contribution >= 4 is 40.2 Å². The molecule has 0 radical (unpaired) electrons. The molecule has 4 rings (SSSR count). The average Bonchev–Trinajstić information content (AvgIpc) is 3.30. The maximum atomic E-state index is 10.6. The highest BCUT2D eigenvalue weighted by molar-refractivity contribution is 6.35. The van der Waals surface area contributed by atoms with Crippen LogP contribution in [0.1, 0.15) is 11.8 Å². The van der Waals surface area contributed by atoms with Crippen LogP contribution >= 0.6 is 23.2 Å². The molecule has 0 aliphatic carbocycles. The molecule has 1 fully saturated rings. The first kappa shape index (κ1) is 23.1. The second kappa shape index (κ2) is 9.84. The van der Waals surface area contributed by atoms with Gasteiger partial charge in [-0.1, -0.05) is 29.3 Å². The van der Waals surface area contributed by atoms with Gasteiger partial charge in [0.2, 0.25) is 0 Å². The van der Waals surface area contributed by atoms with Crippen LogP contribution in [0.15, 0.2) is 30.9 Å². The number of benzene rings is 1. The summed E-state index contributed by atoms with van der Waals surface area (Å²) in [6, 6.07) is 5.42. The quantitative estimate of drug-likeness (QED) is 0.348. The molecule has 5 N–H and O–H groups in total. The fourth-order valence-corrected chi connectivity index (χ4v) is 4.20. The molecular formula is C20H25Cl2N7O3. The number of likely N-dealkylation sites (N-methyl/N-ethyl adjacent to an activating group) is 1. The molecule has 32 heavy (non-hydrogen) atoms. The standard InChI is InChI=1S/C20H25Cl2N7O3/c1-28(5-4-24-7-11-2-3-12(21)6-13(11)22)8-14-16(30)17(31)20(32-14)29-10-27-15-18(23)25-9-26-19(15)29/h2-3,6,9-10,14,16-17,20,24,30-31H,4-5,7-8H2,1H3,(H2,23,25,26)/t14-,16-,17-,20-/m1/s1. The van der Waals surface area contributed by atoms with Crippen LogP contribution in [0.2, 0.25) is 10.0 Å². The number of aliphatic hydroxyl groups is 2. The maximum absolute atomic E-state index is 10.6. The predicted octanol–water partition coefficient (Wildman–Crippen LogP) is 1.06. The topological polar surface area (TPSA) is 135 Å². The van der Waals surface area contributed by atoms with E-state index in [-0.39, 0.29) is 5.82 Å². The Morgan fingerprint density at radius 1 is 1.22 bits per heavy atom. The van der Waals surface area contributed by atoms with E-state index < -0.39 is 24.5 Å². The third-order valence-electron chi connectivity index (χ3n) is 5.49. The summed E-state index contributed by atoms with van der Waals surface area (Å²) in [6.07, 6.45) is -0.792. The molecule has 1 aliphatic rings. The van der Waals surface area contributed by atoms with Gasteiger partial charge in [-0.25, -0.2) is 15.0 Å². The van der Waals surface area contributed by atoms with E-state index in [2.05, 4.69) is 20.3 Å². The van der Waals surface area contributed by atoms with Gasteiger partial charge in [0.25, 0.3) is 0 Å². The number of aromatic nitrogens is 4. The lowest BCUT2D eigenvalue weighted by atomic mass is 10.1. The van der Waals surface area contributed by atoms with E-state index in [1.807, 2.05) is 18.0 Å². The van der Waals surface area contributed by atoms with Gasteiger partial charge in [0, 0.05) is 36.2 Å². The Morgan fingerprint density at radius 2 is 2.03 bits per heavy atom. The fourth-order valence-electron chi connectivity index (χ4n) is 3.72. The number of nitrogens with zero attached hydrogens (tertiary/aromatic N) is 5. The lowest BCUT2D eigenvalue weighted by Crippen LogP contribution is -2.40. The van der Waals surface area contributed by atoms with E-state index in [1.54, 1.807) is 16.7 Å². The molecule has 2 aromatic heterocycles. The average molecular weight is 482 g/mol. The minimum Gasteiger partial charge on any atom is -0.387 e. The van der Waals surface area contributed by atoms with Gasteiger partial charge in [0.1, 0.15) is 30.2 Å². The Balaban J connectivity index is 1.30. The third kappa shape index (κ3) is 4.81. The van der Waals surface area contributed by atoms with Crippen LogP contribution < -0.4 is 11.1 Å². The lowest BCUT2D eigenvalue weighted by molar-refractivity contribution is -0.0420. The smallest absolute Gasteiger partial charge is 0.167 e. The molecule has 1 aromatic carbocycles. The summed E-state index contributed by atoms with van der Waals surface area (Å²) in [4.78, 5) is 14.3. The number of nitrogen functional groups attached to an aromatic ring is 1. The molecule has 0 spiro atoms. The van der Waals surface area contributed by atoms with E-state index in [4.69, 9.17) is 33.7 Å². The number of anilines is 1. The van der Waals surface area contributed by atoms with Crippen LogP contribution in [0.5, 0.6) is 0 Å². The zero-order valence-electron chi connectivity index (χ0n) is 17.4. The summed E-state index contributed by atoms with van der Waals surface area (Å²) < 4.78 is 7.55. The largest absolute Gasteiger partial charge is 0.387 e. The van der Waals surface area contributed by atoms with Crippen molar-refractivity contribution in [3.05, 3.63) is 46.5 Å². The first-order valence-corrected chi connectivity index (χ1v) is 10.9. The number of nitrogens with one attached hydrogen (secondary N) is 1. The highest BCUT2D eigenvalue weighted by Crippen LogP contribution is 2.32. The van der Waals surface area contributed by atoms with Crippen LogP contribution in [0, 0.1) is 0 Å². The molecule has 1 saturated heterocycles. The van der Waals surface area contributed by atoms with Crippen LogP contribution in [-0.2, 0) is 11.3 Å². The van der Waals surface area contributed by atoms with Gasteiger partial charge in [-0.2, -0.15) is 0 Å². The lowest BCUT2D eigenvalue weighted by Gasteiger charge is -2.23. The number of hydrogen-bond donors (Lipinski definition) is 4. The van der Waals surface area contributed by atoms with Gasteiger partial charge < -0.3 is 30.9 Å². The molecule has 10 nitrogen and oxygen atoms in total. The van der Waals surface area contributed by atoms with Crippen molar-refractivity contribution < 1.29 is 14.9 Å². The summed E-state index contributed by atoms with van der Waals surface area (Å²) >= 11 is 12.1. The highest BCUT2D eigenvalue weighted by Gasteiger charge is 2.44. The van der Waals surface area contributed by atoms with E-state index >= 15 is 0 Å². The second-order valence-electron chi connectivity index (χ2n) is 7.80. The summed E-state index contributed by atoms with van der Waals surface area (Å²) in [6.45, 7) is 2.46. The van der Waals surface area contributed by atoms with Crippen LogP contribution in [0.25, 0.3) is 11.2 Å². The molecule has 0 amide bonds. The van der Waals surface area contributed by atoms with Crippen molar-refractivity contribution in [3.63, 3.8) is 0 Å². The van der Waals surface area contributed by atoms with Crippen LogP contribution in [0.3, 0.4) is 0 Å². The monoisotopic (exact) mass is 481 g/mol. The van der Waals surface area contributed by atoms with E-state index in [1.165, 1.54) is 12.7 Å². The Bertz CT molecular complexity index is 1080. The van der Waals surface area contributed by atoms with Crippen molar-refractivity contribution in [2.45, 2.75) is 31.1 Å². The van der Waals surface area contributed by atoms with Gasteiger partial charge >= 0.3 is 0 Å². The number of hydrogen-bond acceptors (Lipinski definition) is 9. The zero-order valence-corrected chi connectivity index (χ0v) is 18.9. The SMILES string of the molecule is CN(CCNCc1ccc(Cl)cc1Cl)C[C@H]1O[C@@H](n2cnc3c(N)ncnc32)[C@H](O)[C@@H]1O. The van der Waals surface area contributed by atoms with Crippen molar-refractivity contribution in [2.24, 2.45) is 0 Å². The summed E-state index contributed by atoms with van der Waals surface area (Å²) in [5.41, 5.74) is 7.66. The number of aliphatic hydroxyl groups excluding tert-OH is 2. The van der Waals surface area contributed by atoms with Crippen LogP contribution in [0.4, 0.5) is 5.82 Å². The Morgan fingerprint density at radius 3 is 2.81 bits per heavy atom. The Hall–Kier alpha value is -2.05. The van der Waals surface area contributed by atoms with Crippen molar-refractivity contribution in [1.82, 2.24) is 29.7 Å². The molecule has 3 aromatic rings. The molecular weight excluding hydrogens is 457 g/mol. The molecule has 3 heterocycles. The molecule has 4 atom stereocenters. The zero-order chi connectivity index (χ0) is 22.8.